The molecule has 0 aliphatic heterocycles. The number of hydrogen-bond donors (Lipinski definition) is 4. The molecule has 4 N–H and O–H groups in total. The Morgan fingerprint density at radius 2 is 2.06 bits per heavy atom. The van der Waals surface area contributed by atoms with E-state index in [1.54, 1.807) is 25.1 Å². The SMILES string of the molecule is COc1cc(C(C)O)ccc1NCC(O)CO. The summed E-state index contributed by atoms with van der Waals surface area (Å²) in [6.45, 7) is 1.62. The zero-order valence-corrected chi connectivity index (χ0v) is 10.1. The van der Waals surface area contributed by atoms with Crippen LogP contribution in [0.3, 0.4) is 0 Å². The third kappa shape index (κ3) is 3.89. The number of methoxy groups -OCH3 is 1. The molecule has 0 aliphatic carbocycles. The molecule has 5 nitrogen and oxygen atoms in total. The maximum atomic E-state index is 9.44. The molecule has 17 heavy (non-hydrogen) atoms. The van der Waals surface area contributed by atoms with Gasteiger partial charge in [0.05, 0.1) is 31.6 Å². The van der Waals surface area contributed by atoms with Gasteiger partial charge >= 0.3 is 0 Å². The lowest BCUT2D eigenvalue weighted by atomic mass is 10.1. The Morgan fingerprint density at radius 3 is 2.59 bits per heavy atom. The molecular formula is C12H19NO4. The van der Waals surface area contributed by atoms with E-state index in [2.05, 4.69) is 5.32 Å². The van der Waals surface area contributed by atoms with Crippen molar-refractivity contribution in [1.82, 2.24) is 0 Å². The number of aliphatic hydroxyl groups excluding tert-OH is 3. The summed E-state index contributed by atoms with van der Waals surface area (Å²) in [6.07, 6.45) is -1.36. The number of rotatable bonds is 6. The van der Waals surface area contributed by atoms with Gasteiger partial charge in [-0.1, -0.05) is 6.07 Å². The van der Waals surface area contributed by atoms with Crippen LogP contribution in [0, 0.1) is 0 Å². The van der Waals surface area contributed by atoms with Crippen molar-refractivity contribution in [3.63, 3.8) is 0 Å². The average molecular weight is 241 g/mol. The van der Waals surface area contributed by atoms with Crippen molar-refractivity contribution in [2.45, 2.75) is 19.1 Å². The average Bonchev–Trinajstić information content (AvgIpc) is 2.35. The molecule has 0 saturated carbocycles. The van der Waals surface area contributed by atoms with Gasteiger partial charge in [0, 0.05) is 6.54 Å². The zero-order valence-electron chi connectivity index (χ0n) is 10.1. The molecule has 0 spiro atoms. The third-order valence-electron chi connectivity index (χ3n) is 2.45. The molecule has 0 aliphatic rings. The molecule has 0 heterocycles. The largest absolute Gasteiger partial charge is 0.495 e. The molecule has 5 heteroatoms. The Balaban J connectivity index is 2.78. The maximum Gasteiger partial charge on any atom is 0.142 e. The highest BCUT2D eigenvalue weighted by atomic mass is 16.5. The van der Waals surface area contributed by atoms with Gasteiger partial charge in [0.25, 0.3) is 0 Å². The molecule has 96 valence electrons. The Labute approximate surface area is 101 Å². The van der Waals surface area contributed by atoms with E-state index < -0.39 is 12.2 Å². The zero-order chi connectivity index (χ0) is 12.8. The molecule has 0 aromatic heterocycles. The number of nitrogens with one attached hydrogen (secondary N) is 1. The predicted molar refractivity (Wildman–Crippen MR) is 65.2 cm³/mol. The van der Waals surface area contributed by atoms with Crippen molar-refractivity contribution < 1.29 is 20.1 Å². The molecule has 1 rings (SSSR count). The van der Waals surface area contributed by atoms with Crippen LogP contribution in [0.1, 0.15) is 18.6 Å². The summed E-state index contributed by atoms with van der Waals surface area (Å²) < 4.78 is 5.18. The van der Waals surface area contributed by atoms with E-state index in [0.29, 0.717) is 11.4 Å². The van der Waals surface area contributed by atoms with E-state index >= 15 is 0 Å². The minimum atomic E-state index is -0.809. The Kier molecular flexibility index (Phi) is 5.21. The van der Waals surface area contributed by atoms with Crippen molar-refractivity contribution in [2.75, 3.05) is 25.6 Å². The van der Waals surface area contributed by atoms with E-state index in [9.17, 15) is 10.2 Å². The summed E-state index contributed by atoms with van der Waals surface area (Å²) in [4.78, 5) is 0. The molecule has 0 fully saturated rings. The number of hydrogen-bond acceptors (Lipinski definition) is 5. The van der Waals surface area contributed by atoms with Gasteiger partial charge in [-0.25, -0.2) is 0 Å². The summed E-state index contributed by atoms with van der Waals surface area (Å²) in [5, 5.41) is 30.3. The first-order valence-electron chi connectivity index (χ1n) is 5.47. The normalized spacial score (nSPS) is 14.2. The first-order valence-corrected chi connectivity index (χ1v) is 5.47. The van der Waals surface area contributed by atoms with Crippen LogP contribution in [0.2, 0.25) is 0 Å². The highest BCUT2D eigenvalue weighted by molar-refractivity contribution is 5.58. The number of ether oxygens (including phenoxy) is 1. The van der Waals surface area contributed by atoms with Crippen LogP contribution in [0.25, 0.3) is 0 Å². The second kappa shape index (κ2) is 6.44. The van der Waals surface area contributed by atoms with Crippen LogP contribution in [0.5, 0.6) is 5.75 Å². The number of aliphatic hydroxyl groups is 3. The van der Waals surface area contributed by atoms with Crippen molar-refractivity contribution >= 4 is 5.69 Å². The molecule has 0 saturated heterocycles. The van der Waals surface area contributed by atoms with Crippen molar-refractivity contribution in [3.8, 4) is 5.75 Å². The topological polar surface area (TPSA) is 82.0 Å². The fraction of sp³-hybridized carbons (Fsp3) is 0.500. The molecule has 0 bridgehead atoms. The van der Waals surface area contributed by atoms with Crippen LogP contribution in [-0.2, 0) is 0 Å². The summed E-state index contributed by atoms with van der Waals surface area (Å²) in [5.74, 6) is 0.591. The van der Waals surface area contributed by atoms with Crippen molar-refractivity contribution in [2.24, 2.45) is 0 Å². The standard InChI is InChI=1S/C12H19NO4/c1-8(15)9-3-4-11(12(5-9)17-2)13-6-10(16)7-14/h3-5,8,10,13-16H,6-7H2,1-2H3. The minimum Gasteiger partial charge on any atom is -0.495 e. The number of benzene rings is 1. The van der Waals surface area contributed by atoms with Gasteiger partial charge in [-0.15, -0.1) is 0 Å². The summed E-state index contributed by atoms with van der Waals surface area (Å²) in [5.41, 5.74) is 1.47. The van der Waals surface area contributed by atoms with Gasteiger partial charge in [-0.3, -0.25) is 0 Å². The maximum absolute atomic E-state index is 9.44. The Bertz CT molecular complexity index is 354. The van der Waals surface area contributed by atoms with Crippen LogP contribution >= 0.6 is 0 Å². The van der Waals surface area contributed by atoms with E-state index in [4.69, 9.17) is 9.84 Å². The molecule has 0 radical (unpaired) electrons. The molecular weight excluding hydrogens is 222 g/mol. The van der Waals surface area contributed by atoms with Crippen LogP contribution in [0.15, 0.2) is 18.2 Å². The van der Waals surface area contributed by atoms with Gasteiger partial charge < -0.3 is 25.4 Å². The summed E-state index contributed by atoms with van der Waals surface area (Å²) >= 11 is 0. The van der Waals surface area contributed by atoms with Gasteiger partial charge in [0.15, 0.2) is 0 Å². The smallest absolute Gasteiger partial charge is 0.142 e. The molecule has 2 unspecified atom stereocenters. The number of anilines is 1. The first kappa shape index (κ1) is 13.8. The molecule has 1 aromatic rings. The van der Waals surface area contributed by atoms with Crippen LogP contribution in [-0.4, -0.2) is 41.7 Å². The fourth-order valence-electron chi connectivity index (χ4n) is 1.41. The van der Waals surface area contributed by atoms with Gasteiger partial charge in [-0.2, -0.15) is 0 Å². The van der Waals surface area contributed by atoms with Gasteiger partial charge in [0.2, 0.25) is 0 Å². The van der Waals surface area contributed by atoms with E-state index in [1.807, 2.05) is 0 Å². The molecule has 1 aromatic carbocycles. The minimum absolute atomic E-state index is 0.237. The predicted octanol–water partition coefficient (Wildman–Crippen LogP) is 0.514. The summed E-state index contributed by atoms with van der Waals surface area (Å²) in [6, 6.07) is 5.28. The summed E-state index contributed by atoms with van der Waals surface area (Å²) in [7, 11) is 1.54. The Morgan fingerprint density at radius 1 is 1.35 bits per heavy atom. The van der Waals surface area contributed by atoms with Crippen molar-refractivity contribution in [3.05, 3.63) is 23.8 Å². The van der Waals surface area contributed by atoms with Crippen LogP contribution in [0.4, 0.5) is 5.69 Å². The second-order valence-corrected chi connectivity index (χ2v) is 3.85. The lowest BCUT2D eigenvalue weighted by molar-refractivity contribution is 0.105. The first-order chi connectivity index (χ1) is 8.08. The fourth-order valence-corrected chi connectivity index (χ4v) is 1.41. The lowest BCUT2D eigenvalue weighted by Gasteiger charge is -2.15. The molecule has 2 atom stereocenters. The monoisotopic (exact) mass is 241 g/mol. The second-order valence-electron chi connectivity index (χ2n) is 3.85. The highest BCUT2D eigenvalue weighted by Gasteiger charge is 2.09. The Hall–Kier alpha value is -1.30. The van der Waals surface area contributed by atoms with Crippen molar-refractivity contribution in [1.29, 1.82) is 0 Å². The van der Waals surface area contributed by atoms with E-state index in [0.717, 1.165) is 5.56 Å². The van der Waals surface area contributed by atoms with E-state index in [-0.39, 0.29) is 13.2 Å². The van der Waals surface area contributed by atoms with Gasteiger partial charge in [-0.05, 0) is 24.6 Å². The van der Waals surface area contributed by atoms with Crippen LogP contribution < -0.4 is 10.1 Å². The quantitative estimate of drug-likeness (QED) is 0.583. The molecule has 0 amide bonds. The van der Waals surface area contributed by atoms with E-state index in [1.165, 1.54) is 7.11 Å². The third-order valence-corrected chi connectivity index (χ3v) is 2.45. The van der Waals surface area contributed by atoms with Gasteiger partial charge in [0.1, 0.15) is 5.75 Å². The highest BCUT2D eigenvalue weighted by Crippen LogP contribution is 2.28. The lowest BCUT2D eigenvalue weighted by Crippen LogP contribution is -2.23.